The van der Waals surface area contributed by atoms with Gasteiger partial charge in [0.2, 0.25) is 10.0 Å². The van der Waals surface area contributed by atoms with Crippen LogP contribution in [0.5, 0.6) is 0 Å². The van der Waals surface area contributed by atoms with Gasteiger partial charge in [-0.2, -0.15) is 0 Å². The van der Waals surface area contributed by atoms with Crippen molar-refractivity contribution in [2.45, 2.75) is 37.6 Å². The van der Waals surface area contributed by atoms with Crippen molar-refractivity contribution >= 4 is 33.2 Å². The van der Waals surface area contributed by atoms with Crippen molar-refractivity contribution in [3.05, 3.63) is 58.4 Å². The standard InChI is InChI=1S/C21H25ClFN3O3S/c1-13-5-3-4-6-16(13)21(27)25-19-12-18(23)20(11-17(19)22)30(28,29)26-14(2)15-7-9-24-10-8-15/h3-6,11-12,14-15,24,26H,7-10H2,1-2H3,(H,25,27). The summed E-state index contributed by atoms with van der Waals surface area (Å²) in [4.78, 5) is 11.9. The van der Waals surface area contributed by atoms with Crippen LogP contribution in [0.15, 0.2) is 41.3 Å². The van der Waals surface area contributed by atoms with E-state index in [1.165, 1.54) is 0 Å². The van der Waals surface area contributed by atoms with E-state index in [1.54, 1.807) is 38.1 Å². The number of halogens is 2. The van der Waals surface area contributed by atoms with Crippen LogP contribution in [0.1, 0.15) is 35.7 Å². The zero-order valence-electron chi connectivity index (χ0n) is 16.8. The molecule has 162 valence electrons. The molecule has 6 nitrogen and oxygen atoms in total. The highest BCUT2D eigenvalue weighted by Crippen LogP contribution is 2.29. The zero-order valence-corrected chi connectivity index (χ0v) is 18.4. The normalized spacial score (nSPS) is 16.3. The Balaban J connectivity index is 1.79. The van der Waals surface area contributed by atoms with Gasteiger partial charge < -0.3 is 10.6 Å². The average molecular weight is 454 g/mol. The van der Waals surface area contributed by atoms with Gasteiger partial charge in [0.15, 0.2) is 0 Å². The molecule has 0 aliphatic carbocycles. The van der Waals surface area contributed by atoms with E-state index in [-0.39, 0.29) is 22.7 Å². The highest BCUT2D eigenvalue weighted by molar-refractivity contribution is 7.89. The second-order valence-corrected chi connectivity index (χ2v) is 9.62. The lowest BCUT2D eigenvalue weighted by atomic mass is 9.92. The maximum Gasteiger partial charge on any atom is 0.255 e. The summed E-state index contributed by atoms with van der Waals surface area (Å²) in [6.45, 7) is 5.21. The third kappa shape index (κ3) is 5.18. The van der Waals surface area contributed by atoms with Crippen molar-refractivity contribution in [1.29, 1.82) is 0 Å². The second kappa shape index (κ2) is 9.43. The Labute approximate surface area is 181 Å². The molecule has 0 bridgehead atoms. The highest BCUT2D eigenvalue weighted by Gasteiger charge is 2.28. The maximum atomic E-state index is 14.7. The Morgan fingerprint density at radius 3 is 2.57 bits per heavy atom. The van der Waals surface area contributed by atoms with Crippen molar-refractivity contribution in [1.82, 2.24) is 10.0 Å². The number of nitrogens with one attached hydrogen (secondary N) is 3. The molecule has 1 unspecified atom stereocenters. The minimum Gasteiger partial charge on any atom is -0.321 e. The van der Waals surface area contributed by atoms with E-state index in [4.69, 9.17) is 11.6 Å². The molecule has 1 aliphatic heterocycles. The molecule has 2 aromatic rings. The predicted octanol–water partition coefficient (Wildman–Crippen LogP) is 3.71. The largest absolute Gasteiger partial charge is 0.321 e. The van der Waals surface area contributed by atoms with Crippen LogP contribution in [-0.4, -0.2) is 33.5 Å². The first-order valence-corrected chi connectivity index (χ1v) is 11.6. The average Bonchev–Trinajstić information content (AvgIpc) is 2.71. The van der Waals surface area contributed by atoms with E-state index in [1.807, 2.05) is 0 Å². The Kier molecular flexibility index (Phi) is 7.13. The summed E-state index contributed by atoms with van der Waals surface area (Å²) in [5, 5.41) is 5.71. The number of amides is 1. The lowest BCUT2D eigenvalue weighted by molar-refractivity contribution is 0.102. The number of rotatable bonds is 6. The van der Waals surface area contributed by atoms with Crippen LogP contribution in [0.2, 0.25) is 5.02 Å². The van der Waals surface area contributed by atoms with Gasteiger partial charge in [-0.25, -0.2) is 17.5 Å². The van der Waals surface area contributed by atoms with Crippen LogP contribution in [0.25, 0.3) is 0 Å². The number of anilines is 1. The Bertz CT molecular complexity index is 1040. The van der Waals surface area contributed by atoms with Gasteiger partial charge >= 0.3 is 0 Å². The fourth-order valence-electron chi connectivity index (χ4n) is 3.60. The van der Waals surface area contributed by atoms with E-state index < -0.39 is 26.6 Å². The van der Waals surface area contributed by atoms with E-state index in [2.05, 4.69) is 15.4 Å². The molecule has 9 heteroatoms. The molecular formula is C21H25ClFN3O3S. The smallest absolute Gasteiger partial charge is 0.255 e. The Hall–Kier alpha value is -2.00. The van der Waals surface area contributed by atoms with Crippen molar-refractivity contribution in [2.24, 2.45) is 5.92 Å². The summed E-state index contributed by atoms with van der Waals surface area (Å²) in [6, 6.07) is 8.56. The molecule has 3 N–H and O–H groups in total. The maximum absolute atomic E-state index is 14.7. The summed E-state index contributed by atoms with van der Waals surface area (Å²) in [5.41, 5.74) is 1.18. The molecule has 30 heavy (non-hydrogen) atoms. The SMILES string of the molecule is Cc1ccccc1C(=O)Nc1cc(F)c(S(=O)(=O)NC(C)C2CCNCC2)cc1Cl. The number of aryl methyl sites for hydroxylation is 1. The van der Waals surface area contributed by atoms with Gasteiger partial charge in [-0.1, -0.05) is 29.8 Å². The lowest BCUT2D eigenvalue weighted by Gasteiger charge is -2.28. The molecule has 1 saturated heterocycles. The second-order valence-electron chi connectivity index (χ2n) is 7.53. The molecule has 0 aromatic heterocycles. The Morgan fingerprint density at radius 2 is 1.90 bits per heavy atom. The minimum atomic E-state index is -4.11. The number of carbonyl (C=O) groups excluding carboxylic acids is 1. The van der Waals surface area contributed by atoms with Crippen LogP contribution in [-0.2, 0) is 10.0 Å². The van der Waals surface area contributed by atoms with Gasteiger partial charge in [0.05, 0.1) is 10.7 Å². The van der Waals surface area contributed by atoms with Crippen molar-refractivity contribution in [2.75, 3.05) is 18.4 Å². The fraction of sp³-hybridized carbons (Fsp3) is 0.381. The molecule has 1 fully saturated rings. The molecule has 1 amide bonds. The number of hydrogen-bond acceptors (Lipinski definition) is 4. The summed E-state index contributed by atoms with van der Waals surface area (Å²) in [5.74, 6) is -1.26. The number of hydrogen-bond donors (Lipinski definition) is 3. The van der Waals surface area contributed by atoms with Gasteiger partial charge in [0, 0.05) is 17.7 Å². The quantitative estimate of drug-likeness (QED) is 0.622. The summed E-state index contributed by atoms with van der Waals surface area (Å²) in [7, 11) is -4.11. The predicted molar refractivity (Wildman–Crippen MR) is 116 cm³/mol. The van der Waals surface area contributed by atoms with E-state index in [9.17, 15) is 17.6 Å². The summed E-state index contributed by atoms with van der Waals surface area (Å²) < 4.78 is 42.8. The molecule has 0 radical (unpaired) electrons. The summed E-state index contributed by atoms with van der Waals surface area (Å²) >= 11 is 6.18. The van der Waals surface area contributed by atoms with Gasteiger partial charge in [0.1, 0.15) is 10.7 Å². The van der Waals surface area contributed by atoms with Gasteiger partial charge in [0.25, 0.3) is 5.91 Å². The number of carbonyl (C=O) groups is 1. The highest BCUT2D eigenvalue weighted by atomic mass is 35.5. The molecule has 0 saturated carbocycles. The first-order valence-electron chi connectivity index (χ1n) is 9.78. The monoisotopic (exact) mass is 453 g/mol. The Morgan fingerprint density at radius 1 is 1.23 bits per heavy atom. The van der Waals surface area contributed by atoms with E-state index in [0.717, 1.165) is 43.6 Å². The summed E-state index contributed by atoms with van der Waals surface area (Å²) in [6.07, 6.45) is 1.69. The lowest BCUT2D eigenvalue weighted by Crippen LogP contribution is -2.42. The fourth-order valence-corrected chi connectivity index (χ4v) is 5.27. The van der Waals surface area contributed by atoms with Gasteiger partial charge in [-0.3, -0.25) is 4.79 Å². The number of benzene rings is 2. The molecule has 1 heterocycles. The number of sulfonamides is 1. The van der Waals surface area contributed by atoms with E-state index in [0.29, 0.717) is 5.56 Å². The molecule has 1 aliphatic rings. The van der Waals surface area contributed by atoms with Crippen LogP contribution in [0.3, 0.4) is 0 Å². The van der Waals surface area contributed by atoms with Crippen molar-refractivity contribution in [3.8, 4) is 0 Å². The molecule has 3 rings (SSSR count). The van der Waals surface area contributed by atoms with E-state index >= 15 is 0 Å². The van der Waals surface area contributed by atoms with Gasteiger partial charge in [-0.05, 0) is 63.4 Å². The van der Waals surface area contributed by atoms with Crippen LogP contribution >= 0.6 is 11.6 Å². The zero-order chi connectivity index (χ0) is 21.9. The van der Waals surface area contributed by atoms with Crippen LogP contribution < -0.4 is 15.4 Å². The van der Waals surface area contributed by atoms with Crippen molar-refractivity contribution < 1.29 is 17.6 Å². The first kappa shape index (κ1) is 22.7. The first-order chi connectivity index (χ1) is 14.2. The minimum absolute atomic E-state index is 0.00720. The number of piperidine rings is 1. The third-order valence-electron chi connectivity index (χ3n) is 5.38. The molecule has 1 atom stereocenters. The van der Waals surface area contributed by atoms with Gasteiger partial charge in [-0.15, -0.1) is 0 Å². The molecular weight excluding hydrogens is 429 g/mol. The van der Waals surface area contributed by atoms with Crippen LogP contribution in [0, 0.1) is 18.7 Å². The topological polar surface area (TPSA) is 87.3 Å². The molecule has 0 spiro atoms. The third-order valence-corrected chi connectivity index (χ3v) is 7.27. The van der Waals surface area contributed by atoms with Crippen LogP contribution in [0.4, 0.5) is 10.1 Å². The molecule has 2 aromatic carbocycles. The van der Waals surface area contributed by atoms with Crippen molar-refractivity contribution in [3.63, 3.8) is 0 Å².